The van der Waals surface area contributed by atoms with E-state index in [1.54, 1.807) is 0 Å². The van der Waals surface area contributed by atoms with Crippen molar-refractivity contribution in [2.24, 2.45) is 0 Å². The van der Waals surface area contributed by atoms with E-state index in [2.05, 4.69) is 114 Å². The smallest absolute Gasteiger partial charge is 0.0192 e. The summed E-state index contributed by atoms with van der Waals surface area (Å²) in [5.74, 6) is 0. The molecule has 0 radical (unpaired) electrons. The fraction of sp³-hybridized carbons (Fsp3) is 0.267. The summed E-state index contributed by atoms with van der Waals surface area (Å²) in [6, 6.07) is 17.4. The maximum atomic E-state index is 2.30. The standard InChI is InChI=1S/C30H34/c1-7-25-13-9-11-15-27(25)17-19-29-21(3)23(5)30(24(6)22(29)4)20-18-28-16-12-10-14-26(28)8-2/h9-20H,7-8H2,1-6H3/b19-17+,20-18+. The maximum Gasteiger partial charge on any atom is -0.0192 e. The van der Waals surface area contributed by atoms with Gasteiger partial charge in [0.15, 0.2) is 0 Å². The number of hydrogen-bond acceptors (Lipinski definition) is 0. The van der Waals surface area contributed by atoms with Crippen LogP contribution in [0.5, 0.6) is 0 Å². The van der Waals surface area contributed by atoms with Gasteiger partial charge in [-0.3, -0.25) is 0 Å². The number of rotatable bonds is 6. The zero-order chi connectivity index (χ0) is 21.7. The number of hydrogen-bond donors (Lipinski definition) is 0. The van der Waals surface area contributed by atoms with E-state index < -0.39 is 0 Å². The minimum atomic E-state index is 1.06. The van der Waals surface area contributed by atoms with E-state index in [-0.39, 0.29) is 0 Å². The Labute approximate surface area is 183 Å². The molecule has 0 unspecified atom stereocenters. The van der Waals surface area contributed by atoms with Gasteiger partial charge in [0, 0.05) is 0 Å². The fourth-order valence-corrected chi connectivity index (χ4v) is 4.25. The molecular weight excluding hydrogens is 360 g/mol. The zero-order valence-corrected chi connectivity index (χ0v) is 19.3. The third-order valence-electron chi connectivity index (χ3n) is 6.47. The van der Waals surface area contributed by atoms with E-state index in [1.165, 1.54) is 55.6 Å². The molecule has 0 heteroatoms. The summed E-state index contributed by atoms with van der Waals surface area (Å²) in [6.07, 6.45) is 11.3. The molecule has 3 rings (SSSR count). The van der Waals surface area contributed by atoms with Gasteiger partial charge in [-0.1, -0.05) is 86.7 Å². The molecule has 0 atom stereocenters. The van der Waals surface area contributed by atoms with E-state index in [0.717, 1.165) is 12.8 Å². The minimum absolute atomic E-state index is 1.06. The lowest BCUT2D eigenvalue weighted by Gasteiger charge is -2.17. The molecule has 154 valence electrons. The van der Waals surface area contributed by atoms with Crippen molar-refractivity contribution < 1.29 is 0 Å². The van der Waals surface area contributed by atoms with Crippen LogP contribution < -0.4 is 0 Å². The molecule has 0 heterocycles. The van der Waals surface area contributed by atoms with Crippen molar-refractivity contribution in [3.05, 3.63) is 104 Å². The highest BCUT2D eigenvalue weighted by Gasteiger charge is 2.12. The summed E-state index contributed by atoms with van der Waals surface area (Å²) in [5, 5.41) is 0. The molecular formula is C30H34. The first-order chi connectivity index (χ1) is 14.5. The Kier molecular flexibility index (Phi) is 7.11. The van der Waals surface area contributed by atoms with Crippen LogP contribution in [0.2, 0.25) is 0 Å². The second-order valence-corrected chi connectivity index (χ2v) is 8.10. The van der Waals surface area contributed by atoms with Crippen molar-refractivity contribution in [2.75, 3.05) is 0 Å². The van der Waals surface area contributed by atoms with E-state index >= 15 is 0 Å². The van der Waals surface area contributed by atoms with Crippen molar-refractivity contribution in [2.45, 2.75) is 54.4 Å². The van der Waals surface area contributed by atoms with Crippen molar-refractivity contribution in [3.63, 3.8) is 0 Å². The fourth-order valence-electron chi connectivity index (χ4n) is 4.25. The second-order valence-electron chi connectivity index (χ2n) is 8.10. The summed E-state index contributed by atoms with van der Waals surface area (Å²) < 4.78 is 0. The van der Waals surface area contributed by atoms with Gasteiger partial charge in [0.1, 0.15) is 0 Å². The molecule has 0 spiro atoms. The van der Waals surface area contributed by atoms with Crippen LogP contribution in [-0.2, 0) is 12.8 Å². The van der Waals surface area contributed by atoms with Gasteiger partial charge in [-0.15, -0.1) is 0 Å². The molecule has 0 N–H and O–H groups in total. The Morgan fingerprint density at radius 1 is 0.500 bits per heavy atom. The van der Waals surface area contributed by atoms with Crippen molar-refractivity contribution in [1.29, 1.82) is 0 Å². The first kappa shape index (κ1) is 21.8. The Morgan fingerprint density at radius 2 is 0.833 bits per heavy atom. The summed E-state index contributed by atoms with van der Waals surface area (Å²) in [6.45, 7) is 13.5. The summed E-state index contributed by atoms with van der Waals surface area (Å²) >= 11 is 0. The molecule has 0 aliphatic carbocycles. The molecule has 0 bridgehead atoms. The lowest BCUT2D eigenvalue weighted by atomic mass is 9.88. The van der Waals surface area contributed by atoms with Crippen molar-refractivity contribution in [3.8, 4) is 0 Å². The lowest BCUT2D eigenvalue weighted by Crippen LogP contribution is -1.99. The van der Waals surface area contributed by atoms with E-state index in [0.29, 0.717) is 0 Å². The topological polar surface area (TPSA) is 0 Å². The van der Waals surface area contributed by atoms with Gasteiger partial charge in [0.05, 0.1) is 0 Å². The zero-order valence-electron chi connectivity index (χ0n) is 19.3. The molecule has 3 aromatic carbocycles. The molecule has 0 nitrogen and oxygen atoms in total. The molecule has 0 aliphatic heterocycles. The van der Waals surface area contributed by atoms with Gasteiger partial charge in [0.25, 0.3) is 0 Å². The van der Waals surface area contributed by atoms with Crippen molar-refractivity contribution in [1.82, 2.24) is 0 Å². The molecule has 0 aliphatic rings. The molecule has 0 saturated carbocycles. The van der Waals surface area contributed by atoms with Gasteiger partial charge in [-0.25, -0.2) is 0 Å². The first-order valence-electron chi connectivity index (χ1n) is 11.1. The predicted molar refractivity (Wildman–Crippen MR) is 135 cm³/mol. The first-order valence-corrected chi connectivity index (χ1v) is 11.1. The van der Waals surface area contributed by atoms with Gasteiger partial charge >= 0.3 is 0 Å². The van der Waals surface area contributed by atoms with Crippen LogP contribution in [0.3, 0.4) is 0 Å². The Hall–Kier alpha value is -2.86. The third kappa shape index (κ3) is 4.49. The summed E-state index contributed by atoms with van der Waals surface area (Å²) in [4.78, 5) is 0. The lowest BCUT2D eigenvalue weighted by molar-refractivity contribution is 1.13. The summed E-state index contributed by atoms with van der Waals surface area (Å²) in [7, 11) is 0. The van der Waals surface area contributed by atoms with Crippen LogP contribution >= 0.6 is 0 Å². The van der Waals surface area contributed by atoms with Crippen molar-refractivity contribution >= 4 is 24.3 Å². The molecule has 0 fully saturated rings. The van der Waals surface area contributed by atoms with Gasteiger partial charge < -0.3 is 0 Å². The van der Waals surface area contributed by atoms with Crippen LogP contribution in [-0.4, -0.2) is 0 Å². The molecule has 3 aromatic rings. The average molecular weight is 395 g/mol. The van der Waals surface area contributed by atoms with Gasteiger partial charge in [-0.05, 0) is 96.2 Å². The summed E-state index contributed by atoms with van der Waals surface area (Å²) in [5.41, 5.74) is 13.6. The SMILES string of the molecule is CCc1ccccc1/C=C/c1c(C)c(C)c(/C=C/c2ccccc2CC)c(C)c1C. The molecule has 30 heavy (non-hydrogen) atoms. The number of aryl methyl sites for hydroxylation is 2. The predicted octanol–water partition coefficient (Wildman–Crippen LogP) is 8.39. The van der Waals surface area contributed by atoms with Crippen LogP contribution in [0.1, 0.15) is 69.5 Å². The normalized spacial score (nSPS) is 11.7. The monoisotopic (exact) mass is 394 g/mol. The average Bonchev–Trinajstić information content (AvgIpc) is 2.78. The van der Waals surface area contributed by atoms with E-state index in [1.807, 2.05) is 0 Å². The second kappa shape index (κ2) is 9.76. The van der Waals surface area contributed by atoms with E-state index in [4.69, 9.17) is 0 Å². The van der Waals surface area contributed by atoms with Crippen LogP contribution in [0.25, 0.3) is 24.3 Å². The highest BCUT2D eigenvalue weighted by atomic mass is 14.2. The van der Waals surface area contributed by atoms with Gasteiger partial charge in [0.2, 0.25) is 0 Å². The Balaban J connectivity index is 2.02. The Morgan fingerprint density at radius 3 is 1.17 bits per heavy atom. The highest BCUT2D eigenvalue weighted by molar-refractivity contribution is 5.80. The third-order valence-corrected chi connectivity index (χ3v) is 6.47. The van der Waals surface area contributed by atoms with E-state index in [9.17, 15) is 0 Å². The molecule has 0 saturated heterocycles. The highest BCUT2D eigenvalue weighted by Crippen LogP contribution is 2.30. The van der Waals surface area contributed by atoms with Crippen LogP contribution in [0.4, 0.5) is 0 Å². The molecule has 0 amide bonds. The molecule has 0 aromatic heterocycles. The van der Waals surface area contributed by atoms with Gasteiger partial charge in [-0.2, -0.15) is 0 Å². The minimum Gasteiger partial charge on any atom is -0.0620 e. The van der Waals surface area contributed by atoms with Crippen LogP contribution in [0, 0.1) is 27.7 Å². The van der Waals surface area contributed by atoms with Crippen LogP contribution in [0.15, 0.2) is 48.5 Å². The quantitative estimate of drug-likeness (QED) is 0.368. The Bertz CT molecular complexity index is 976. The maximum absolute atomic E-state index is 2.30. The number of benzene rings is 3. The largest absolute Gasteiger partial charge is 0.0620 e.